The maximum Gasteiger partial charge on any atom is 0.303 e. The zero-order chi connectivity index (χ0) is 15.8. The minimum absolute atomic E-state index is 0.0476. The Morgan fingerprint density at radius 1 is 1.29 bits per heavy atom. The van der Waals surface area contributed by atoms with Gasteiger partial charge < -0.3 is 15.2 Å². The van der Waals surface area contributed by atoms with Crippen molar-refractivity contribution in [1.82, 2.24) is 5.32 Å². The van der Waals surface area contributed by atoms with E-state index in [0.29, 0.717) is 24.6 Å². The van der Waals surface area contributed by atoms with Crippen LogP contribution >= 0.6 is 0 Å². The van der Waals surface area contributed by atoms with Crippen LogP contribution in [0.3, 0.4) is 0 Å². The van der Waals surface area contributed by atoms with Crippen molar-refractivity contribution in [1.29, 1.82) is 0 Å². The summed E-state index contributed by atoms with van der Waals surface area (Å²) in [5.74, 6) is -0.0440. The molecule has 21 heavy (non-hydrogen) atoms. The molecule has 0 radical (unpaired) electrons. The van der Waals surface area contributed by atoms with Crippen LogP contribution in [-0.4, -0.2) is 29.6 Å². The van der Waals surface area contributed by atoms with Gasteiger partial charge in [0.2, 0.25) is 0 Å². The van der Waals surface area contributed by atoms with Crippen molar-refractivity contribution in [3.8, 4) is 5.75 Å². The van der Waals surface area contributed by atoms with Crippen LogP contribution in [0, 0.1) is 0 Å². The van der Waals surface area contributed by atoms with Crippen LogP contribution in [0.1, 0.15) is 45.1 Å². The molecule has 0 saturated carbocycles. The lowest BCUT2D eigenvalue weighted by Crippen LogP contribution is -2.36. The number of nitrogens with one attached hydrogen (secondary N) is 1. The second kappa shape index (κ2) is 8.29. The molecule has 0 aromatic heterocycles. The number of carbonyl (C=O) groups excluding carboxylic acids is 1. The fourth-order valence-electron chi connectivity index (χ4n) is 1.80. The van der Waals surface area contributed by atoms with E-state index in [2.05, 4.69) is 19.2 Å². The molecule has 0 fully saturated rings. The Bertz CT molecular complexity index is 485. The van der Waals surface area contributed by atoms with Gasteiger partial charge in [0.1, 0.15) is 5.75 Å². The first-order valence-corrected chi connectivity index (χ1v) is 7.16. The van der Waals surface area contributed by atoms with Gasteiger partial charge in [-0.2, -0.15) is 0 Å². The van der Waals surface area contributed by atoms with Gasteiger partial charge >= 0.3 is 5.97 Å². The van der Waals surface area contributed by atoms with E-state index >= 15 is 0 Å². The van der Waals surface area contributed by atoms with Crippen LogP contribution in [0.4, 0.5) is 0 Å². The molecule has 1 rings (SSSR count). The number of carboxylic acids is 1. The first-order chi connectivity index (χ1) is 9.90. The minimum Gasteiger partial charge on any atom is -0.481 e. The molecule has 0 spiro atoms. The summed E-state index contributed by atoms with van der Waals surface area (Å²) in [5, 5.41) is 11.2. The first-order valence-electron chi connectivity index (χ1n) is 7.16. The zero-order valence-corrected chi connectivity index (χ0v) is 12.8. The SMILES string of the molecule is CC(Oc1cccc(C(C)C)c1)C(=O)NCCCC(=O)O. The van der Waals surface area contributed by atoms with Gasteiger partial charge in [-0.25, -0.2) is 0 Å². The summed E-state index contributed by atoms with van der Waals surface area (Å²) in [5.41, 5.74) is 1.15. The van der Waals surface area contributed by atoms with E-state index in [1.807, 2.05) is 24.3 Å². The molecule has 1 amide bonds. The Labute approximate surface area is 125 Å². The number of hydrogen-bond donors (Lipinski definition) is 2. The van der Waals surface area contributed by atoms with Crippen molar-refractivity contribution in [3.05, 3.63) is 29.8 Å². The van der Waals surface area contributed by atoms with Crippen molar-refractivity contribution >= 4 is 11.9 Å². The van der Waals surface area contributed by atoms with Crippen LogP contribution in [-0.2, 0) is 9.59 Å². The van der Waals surface area contributed by atoms with E-state index in [1.54, 1.807) is 6.92 Å². The van der Waals surface area contributed by atoms with Crippen LogP contribution < -0.4 is 10.1 Å². The number of carbonyl (C=O) groups is 2. The van der Waals surface area contributed by atoms with Crippen molar-refractivity contribution in [2.75, 3.05) is 6.54 Å². The molecule has 1 unspecified atom stereocenters. The maximum atomic E-state index is 11.8. The third kappa shape index (κ3) is 6.29. The Morgan fingerprint density at radius 3 is 2.62 bits per heavy atom. The second-order valence-electron chi connectivity index (χ2n) is 5.28. The van der Waals surface area contributed by atoms with E-state index in [-0.39, 0.29) is 12.3 Å². The normalized spacial score (nSPS) is 12.0. The van der Waals surface area contributed by atoms with E-state index < -0.39 is 12.1 Å². The summed E-state index contributed by atoms with van der Waals surface area (Å²) < 4.78 is 5.62. The smallest absolute Gasteiger partial charge is 0.303 e. The number of benzene rings is 1. The van der Waals surface area contributed by atoms with Crippen molar-refractivity contribution in [2.24, 2.45) is 0 Å². The van der Waals surface area contributed by atoms with Gasteiger partial charge in [-0.1, -0.05) is 26.0 Å². The highest BCUT2D eigenvalue weighted by atomic mass is 16.5. The van der Waals surface area contributed by atoms with Gasteiger partial charge in [0.05, 0.1) is 0 Å². The minimum atomic E-state index is -0.862. The second-order valence-corrected chi connectivity index (χ2v) is 5.28. The Morgan fingerprint density at radius 2 is 2.00 bits per heavy atom. The maximum absolute atomic E-state index is 11.8. The van der Waals surface area contributed by atoms with Crippen LogP contribution in [0.25, 0.3) is 0 Å². The van der Waals surface area contributed by atoms with Crippen molar-refractivity contribution in [3.63, 3.8) is 0 Å². The molecular formula is C16H23NO4. The van der Waals surface area contributed by atoms with Crippen LogP contribution in [0.5, 0.6) is 5.75 Å². The molecule has 0 aliphatic heterocycles. The molecular weight excluding hydrogens is 270 g/mol. The number of rotatable bonds is 8. The molecule has 0 heterocycles. The fourth-order valence-corrected chi connectivity index (χ4v) is 1.80. The Kier molecular flexibility index (Phi) is 6.72. The molecule has 1 aromatic carbocycles. The highest BCUT2D eigenvalue weighted by Crippen LogP contribution is 2.20. The van der Waals surface area contributed by atoms with Gasteiger partial charge in [0, 0.05) is 13.0 Å². The van der Waals surface area contributed by atoms with Crippen LogP contribution in [0.15, 0.2) is 24.3 Å². The molecule has 5 nitrogen and oxygen atoms in total. The van der Waals surface area contributed by atoms with Gasteiger partial charge in [-0.3, -0.25) is 9.59 Å². The van der Waals surface area contributed by atoms with E-state index in [1.165, 1.54) is 0 Å². The van der Waals surface area contributed by atoms with Gasteiger partial charge in [0.15, 0.2) is 6.10 Å². The average molecular weight is 293 g/mol. The number of hydrogen-bond acceptors (Lipinski definition) is 3. The lowest BCUT2D eigenvalue weighted by atomic mass is 10.0. The van der Waals surface area contributed by atoms with Crippen molar-refractivity contribution < 1.29 is 19.4 Å². The molecule has 0 aliphatic carbocycles. The molecule has 1 aromatic rings. The molecule has 2 N–H and O–H groups in total. The lowest BCUT2D eigenvalue weighted by Gasteiger charge is -2.16. The summed E-state index contributed by atoms with van der Waals surface area (Å²) in [6.07, 6.45) is -0.153. The lowest BCUT2D eigenvalue weighted by molar-refractivity contribution is -0.137. The highest BCUT2D eigenvalue weighted by Gasteiger charge is 2.14. The standard InChI is InChI=1S/C16H23NO4/c1-11(2)13-6-4-7-14(10-13)21-12(3)16(20)17-9-5-8-15(18)19/h4,6-7,10-12H,5,8-9H2,1-3H3,(H,17,20)(H,18,19). The van der Waals surface area contributed by atoms with Gasteiger partial charge in [-0.05, 0) is 37.0 Å². The number of amides is 1. The summed E-state index contributed by atoms with van der Waals surface area (Å²) in [7, 11) is 0. The fraction of sp³-hybridized carbons (Fsp3) is 0.500. The van der Waals surface area contributed by atoms with Gasteiger partial charge in [-0.15, -0.1) is 0 Å². The number of aliphatic carboxylic acids is 1. The first kappa shape index (κ1) is 17.0. The molecule has 1 atom stereocenters. The van der Waals surface area contributed by atoms with Crippen LogP contribution in [0.2, 0.25) is 0 Å². The van der Waals surface area contributed by atoms with Crippen molar-refractivity contribution in [2.45, 2.75) is 45.6 Å². The monoisotopic (exact) mass is 293 g/mol. The number of carboxylic acid groups (broad SMARTS) is 1. The average Bonchev–Trinajstić information content (AvgIpc) is 2.43. The van der Waals surface area contributed by atoms with E-state index in [4.69, 9.17) is 9.84 Å². The Hall–Kier alpha value is -2.04. The number of ether oxygens (including phenoxy) is 1. The van der Waals surface area contributed by atoms with E-state index in [9.17, 15) is 9.59 Å². The molecule has 116 valence electrons. The third-order valence-corrected chi connectivity index (χ3v) is 3.07. The third-order valence-electron chi connectivity index (χ3n) is 3.07. The zero-order valence-electron chi connectivity index (χ0n) is 12.8. The summed E-state index contributed by atoms with van der Waals surface area (Å²) >= 11 is 0. The topological polar surface area (TPSA) is 75.6 Å². The molecule has 0 aliphatic rings. The predicted octanol–water partition coefficient (Wildman–Crippen LogP) is 2.56. The van der Waals surface area contributed by atoms with Gasteiger partial charge in [0.25, 0.3) is 5.91 Å². The summed E-state index contributed by atoms with van der Waals surface area (Å²) in [6.45, 7) is 6.20. The largest absolute Gasteiger partial charge is 0.481 e. The molecule has 0 saturated heterocycles. The quantitative estimate of drug-likeness (QED) is 0.722. The Balaban J connectivity index is 2.44. The highest BCUT2D eigenvalue weighted by molar-refractivity contribution is 5.80. The summed E-state index contributed by atoms with van der Waals surface area (Å²) in [6, 6.07) is 7.68. The van der Waals surface area contributed by atoms with E-state index in [0.717, 1.165) is 5.56 Å². The molecule has 0 bridgehead atoms. The molecule has 5 heteroatoms. The summed E-state index contributed by atoms with van der Waals surface area (Å²) in [4.78, 5) is 22.2. The predicted molar refractivity (Wildman–Crippen MR) is 80.5 cm³/mol.